The van der Waals surface area contributed by atoms with E-state index in [-0.39, 0.29) is 0 Å². The molecule has 1 amide bonds. The van der Waals surface area contributed by atoms with Gasteiger partial charge in [-0.3, -0.25) is 9.00 Å². The third-order valence-electron chi connectivity index (χ3n) is 4.16. The van der Waals surface area contributed by atoms with Crippen LogP contribution in [0, 0.1) is 17.1 Å². The van der Waals surface area contributed by atoms with Crippen molar-refractivity contribution in [1.29, 1.82) is 5.26 Å². The van der Waals surface area contributed by atoms with E-state index in [1.807, 2.05) is 5.32 Å². The smallest absolute Gasteiger partial charge is 0.417 e. The Kier molecular flexibility index (Phi) is 7.40. The number of hydrogen-bond donors (Lipinski definition) is 2. The lowest BCUT2D eigenvalue weighted by Crippen LogP contribution is -2.57. The highest BCUT2D eigenvalue weighted by Gasteiger charge is 2.40. The van der Waals surface area contributed by atoms with Crippen LogP contribution in [0.4, 0.5) is 23.2 Å². The average molecular weight is 492 g/mol. The highest BCUT2D eigenvalue weighted by Crippen LogP contribution is 2.33. The molecule has 0 saturated carbocycles. The van der Waals surface area contributed by atoms with E-state index in [0.29, 0.717) is 6.07 Å². The fraction of sp³-hybridized carbons (Fsp3) is 0.222. The molecular weight excluding hydrogens is 478 g/mol. The zero-order valence-corrected chi connectivity index (χ0v) is 17.7. The molecule has 0 spiro atoms. The number of anilines is 1. The maximum absolute atomic E-state index is 13.1. The zero-order chi connectivity index (χ0) is 24.3. The Morgan fingerprint density at radius 3 is 2.28 bits per heavy atom. The summed E-state index contributed by atoms with van der Waals surface area (Å²) in [5, 5.41) is 10.9. The molecule has 0 aromatic heterocycles. The summed E-state index contributed by atoms with van der Waals surface area (Å²) in [5.41, 5.74) is -4.87. The lowest BCUT2D eigenvalue weighted by Gasteiger charge is -2.30. The van der Waals surface area contributed by atoms with Gasteiger partial charge in [-0.25, -0.2) is 17.5 Å². The lowest BCUT2D eigenvalue weighted by molar-refractivity contribution is -0.137. The summed E-state index contributed by atoms with van der Waals surface area (Å²) in [6, 6.07) is 7.09. The van der Waals surface area contributed by atoms with Gasteiger partial charge in [0, 0.05) is 17.0 Å². The Bertz CT molecular complexity index is 1190. The minimum atomic E-state index is -4.92. The van der Waals surface area contributed by atoms with Gasteiger partial charge in [-0.1, -0.05) is 0 Å². The van der Waals surface area contributed by atoms with E-state index in [1.165, 1.54) is 6.07 Å². The van der Waals surface area contributed by atoms with Gasteiger partial charge in [-0.05, 0) is 49.4 Å². The number of nitriles is 1. The Labute approximate surface area is 182 Å². The normalized spacial score (nSPS) is 14.8. The molecule has 0 aliphatic rings. The van der Waals surface area contributed by atoms with Crippen LogP contribution in [0.1, 0.15) is 18.1 Å². The van der Waals surface area contributed by atoms with E-state index in [1.54, 1.807) is 4.72 Å². The van der Waals surface area contributed by atoms with Crippen molar-refractivity contribution in [2.45, 2.75) is 23.5 Å². The van der Waals surface area contributed by atoms with Gasteiger partial charge in [0.15, 0.2) is 9.84 Å². The van der Waals surface area contributed by atoms with Gasteiger partial charge in [0.2, 0.25) is 5.91 Å². The predicted molar refractivity (Wildman–Crippen MR) is 104 cm³/mol. The second-order valence-corrected chi connectivity index (χ2v) is 9.37. The maximum Gasteiger partial charge on any atom is 0.417 e. The molecule has 0 heterocycles. The summed E-state index contributed by atoms with van der Waals surface area (Å²) in [4.78, 5) is 12.3. The molecule has 8 nitrogen and oxygen atoms in total. The number of nitrogens with one attached hydrogen (secondary N) is 2. The van der Waals surface area contributed by atoms with E-state index < -0.39 is 72.0 Å². The Morgan fingerprint density at radius 2 is 1.78 bits per heavy atom. The number of rotatable bonds is 7. The summed E-state index contributed by atoms with van der Waals surface area (Å²) in [5.74, 6) is -3.15. The highest BCUT2D eigenvalue weighted by atomic mass is 32.2. The first-order valence-corrected chi connectivity index (χ1v) is 11.2. The zero-order valence-electron chi connectivity index (χ0n) is 16.1. The van der Waals surface area contributed by atoms with Crippen LogP contribution in [0.2, 0.25) is 0 Å². The van der Waals surface area contributed by atoms with Crippen molar-refractivity contribution in [3.05, 3.63) is 59.4 Å². The van der Waals surface area contributed by atoms with Gasteiger partial charge in [0.05, 0.1) is 27.8 Å². The summed E-state index contributed by atoms with van der Waals surface area (Å²) in [6.45, 7) is 0.910. The van der Waals surface area contributed by atoms with Crippen molar-refractivity contribution in [2.24, 2.45) is 0 Å². The molecule has 2 aromatic rings. The van der Waals surface area contributed by atoms with E-state index in [2.05, 4.69) is 0 Å². The maximum atomic E-state index is 13.1. The van der Waals surface area contributed by atoms with Crippen LogP contribution >= 0.6 is 0 Å². The molecule has 172 valence electrons. The van der Waals surface area contributed by atoms with Crippen LogP contribution in [0.25, 0.3) is 0 Å². The summed E-state index contributed by atoms with van der Waals surface area (Å²) < 4.78 is 102. The highest BCUT2D eigenvalue weighted by molar-refractivity contribution is 7.91. The molecule has 32 heavy (non-hydrogen) atoms. The van der Waals surface area contributed by atoms with Crippen molar-refractivity contribution >= 4 is 32.7 Å². The Balaban J connectivity index is 2.41. The molecular formula is C18H14F4N3O5S2-. The van der Waals surface area contributed by atoms with Gasteiger partial charge in [0.1, 0.15) is 11.4 Å². The fourth-order valence-corrected chi connectivity index (χ4v) is 4.96. The molecule has 2 N–H and O–H groups in total. The van der Waals surface area contributed by atoms with Gasteiger partial charge in [0.25, 0.3) is 0 Å². The number of alkyl halides is 3. The summed E-state index contributed by atoms with van der Waals surface area (Å²) >= 11 is -3.14. The number of hydrogen-bond acceptors (Lipinski definition) is 6. The van der Waals surface area contributed by atoms with Gasteiger partial charge >= 0.3 is 6.18 Å². The number of carbonyl (C=O) groups is 1. The van der Waals surface area contributed by atoms with Crippen molar-refractivity contribution < 1.29 is 39.5 Å². The van der Waals surface area contributed by atoms with E-state index in [9.17, 15) is 39.5 Å². The van der Waals surface area contributed by atoms with Crippen molar-refractivity contribution in [1.82, 2.24) is 4.72 Å². The van der Waals surface area contributed by atoms with E-state index in [0.717, 1.165) is 43.3 Å². The Morgan fingerprint density at radius 1 is 1.19 bits per heavy atom. The fourth-order valence-electron chi connectivity index (χ4n) is 2.65. The van der Waals surface area contributed by atoms with E-state index >= 15 is 0 Å². The molecule has 2 unspecified atom stereocenters. The van der Waals surface area contributed by atoms with E-state index in [4.69, 9.17) is 5.26 Å². The molecule has 2 aromatic carbocycles. The quantitative estimate of drug-likeness (QED) is 0.345. The summed E-state index contributed by atoms with van der Waals surface area (Å²) in [6.07, 6.45) is -4.92. The largest absolute Gasteiger partial charge is 0.760 e. The van der Waals surface area contributed by atoms with Crippen LogP contribution in [0.5, 0.6) is 0 Å². The number of amides is 1. The van der Waals surface area contributed by atoms with Gasteiger partial charge < -0.3 is 9.87 Å². The van der Waals surface area contributed by atoms with Crippen LogP contribution in [0.3, 0.4) is 0 Å². The first-order chi connectivity index (χ1) is 14.7. The Hall–Kier alpha value is -2.86. The van der Waals surface area contributed by atoms with Crippen molar-refractivity contribution in [3.63, 3.8) is 0 Å². The van der Waals surface area contributed by atoms with Crippen LogP contribution in [-0.2, 0) is 32.1 Å². The molecule has 2 rings (SSSR count). The number of nitrogens with zero attached hydrogens (tertiary/aromatic N) is 1. The molecule has 0 aliphatic carbocycles. The van der Waals surface area contributed by atoms with Gasteiger partial charge in [-0.2, -0.15) is 18.4 Å². The minimum Gasteiger partial charge on any atom is -0.760 e. The van der Waals surface area contributed by atoms with Crippen molar-refractivity contribution in [2.75, 3.05) is 11.1 Å². The molecule has 0 fully saturated rings. The first-order valence-electron chi connectivity index (χ1n) is 8.46. The second-order valence-electron chi connectivity index (χ2n) is 6.71. The molecule has 0 radical (unpaired) electrons. The predicted octanol–water partition coefficient (Wildman–Crippen LogP) is 2.27. The molecule has 14 heteroatoms. The SMILES string of the molecule is CC(CS(=O)(=O)c1ccc(F)cc1)(NS(=O)[O-])C(=O)Nc1ccc(C#N)c(C(F)(F)F)c1. The average Bonchev–Trinajstić information content (AvgIpc) is 2.66. The van der Waals surface area contributed by atoms with Crippen molar-refractivity contribution in [3.8, 4) is 6.07 Å². The van der Waals surface area contributed by atoms with Gasteiger partial charge in [-0.15, -0.1) is 0 Å². The molecule has 0 bridgehead atoms. The van der Waals surface area contributed by atoms with Crippen LogP contribution < -0.4 is 10.0 Å². The molecule has 0 saturated heterocycles. The molecule has 0 aliphatic heterocycles. The second kappa shape index (κ2) is 9.33. The standard InChI is InChI=1S/C18H15F4N3O5S2/c1-17(25-31(27)28,10-32(29,30)14-6-3-12(19)4-7-14)16(26)24-13-5-2-11(9-23)15(8-13)18(20,21)22/h2-8,25H,10H2,1H3,(H,24,26)(H,27,28)/p-1. The number of benzene rings is 2. The lowest BCUT2D eigenvalue weighted by atomic mass is 10.0. The minimum absolute atomic E-state index is 0.408. The number of halogens is 4. The van der Waals surface area contributed by atoms with Crippen LogP contribution in [0.15, 0.2) is 47.4 Å². The topological polar surface area (TPSA) is 139 Å². The van der Waals surface area contributed by atoms with Crippen LogP contribution in [-0.4, -0.2) is 34.4 Å². The third-order valence-corrected chi connectivity index (χ3v) is 6.73. The number of sulfone groups is 1. The molecule has 2 atom stereocenters. The third kappa shape index (κ3) is 6.10. The number of carbonyl (C=O) groups excluding carboxylic acids is 1. The summed E-state index contributed by atoms with van der Waals surface area (Å²) in [7, 11) is -4.35. The first kappa shape index (κ1) is 25.4. The monoisotopic (exact) mass is 492 g/mol.